The Labute approximate surface area is 129 Å². The fourth-order valence-electron chi connectivity index (χ4n) is 2.11. The molecule has 0 amide bonds. The van der Waals surface area contributed by atoms with Crippen LogP contribution in [0.3, 0.4) is 0 Å². The molecule has 2 aromatic rings. The zero-order valence-corrected chi connectivity index (χ0v) is 12.6. The molecule has 2 aromatic carbocycles. The first-order valence-corrected chi connectivity index (χ1v) is 6.96. The highest BCUT2D eigenvalue weighted by atomic mass is 16.5. The quantitative estimate of drug-likeness (QED) is 0.823. The van der Waals surface area contributed by atoms with Gasteiger partial charge in [-0.25, -0.2) is 4.79 Å². The van der Waals surface area contributed by atoms with Crippen LogP contribution in [0.5, 0.6) is 11.5 Å². The van der Waals surface area contributed by atoms with Crippen LogP contribution in [0.15, 0.2) is 48.5 Å². The molecule has 2 rings (SSSR count). The smallest absolute Gasteiger partial charge is 0.328 e. The second-order valence-corrected chi connectivity index (χ2v) is 4.60. The summed E-state index contributed by atoms with van der Waals surface area (Å²) in [6.07, 6.45) is 2.69. The maximum absolute atomic E-state index is 10.6. The molecule has 0 aromatic heterocycles. The van der Waals surface area contributed by atoms with Gasteiger partial charge in [-0.15, -0.1) is 0 Å². The fourth-order valence-corrected chi connectivity index (χ4v) is 2.11. The van der Waals surface area contributed by atoms with Crippen molar-refractivity contribution >= 4 is 12.0 Å². The minimum absolute atomic E-state index is 0.575. The summed E-state index contributed by atoms with van der Waals surface area (Å²) >= 11 is 0. The first-order valence-electron chi connectivity index (χ1n) is 6.96. The maximum atomic E-state index is 10.6. The SMILES string of the molecule is CCOc1ccc(-c2cccc(/C=C/C(=O)O)c2)cc1OC. The molecule has 114 valence electrons. The largest absolute Gasteiger partial charge is 0.493 e. The molecule has 0 saturated heterocycles. The number of carboxylic acid groups (broad SMARTS) is 1. The van der Waals surface area contributed by atoms with Crippen molar-refractivity contribution in [3.63, 3.8) is 0 Å². The van der Waals surface area contributed by atoms with E-state index in [-0.39, 0.29) is 0 Å². The zero-order chi connectivity index (χ0) is 15.9. The van der Waals surface area contributed by atoms with Crippen molar-refractivity contribution in [3.8, 4) is 22.6 Å². The summed E-state index contributed by atoms with van der Waals surface area (Å²) in [6.45, 7) is 2.50. The van der Waals surface area contributed by atoms with Gasteiger partial charge in [-0.3, -0.25) is 0 Å². The fraction of sp³-hybridized carbons (Fsp3) is 0.167. The highest BCUT2D eigenvalue weighted by molar-refractivity contribution is 5.85. The lowest BCUT2D eigenvalue weighted by Crippen LogP contribution is -1.95. The molecule has 4 nitrogen and oxygen atoms in total. The van der Waals surface area contributed by atoms with Crippen molar-refractivity contribution in [1.29, 1.82) is 0 Å². The Kier molecular flexibility index (Phi) is 5.20. The molecular formula is C18H18O4. The number of methoxy groups -OCH3 is 1. The van der Waals surface area contributed by atoms with Gasteiger partial charge >= 0.3 is 5.97 Å². The van der Waals surface area contributed by atoms with Gasteiger partial charge in [-0.1, -0.05) is 24.3 Å². The average Bonchev–Trinajstić information content (AvgIpc) is 2.54. The minimum atomic E-state index is -0.965. The van der Waals surface area contributed by atoms with E-state index in [4.69, 9.17) is 14.6 Å². The van der Waals surface area contributed by atoms with Crippen LogP contribution in [0.2, 0.25) is 0 Å². The summed E-state index contributed by atoms with van der Waals surface area (Å²) in [7, 11) is 1.60. The van der Waals surface area contributed by atoms with Gasteiger partial charge in [0.15, 0.2) is 11.5 Å². The van der Waals surface area contributed by atoms with Crippen LogP contribution >= 0.6 is 0 Å². The normalized spacial score (nSPS) is 10.6. The van der Waals surface area contributed by atoms with Crippen molar-refractivity contribution in [2.45, 2.75) is 6.92 Å². The van der Waals surface area contributed by atoms with Crippen LogP contribution in [0.1, 0.15) is 12.5 Å². The summed E-state index contributed by atoms with van der Waals surface area (Å²) in [5.74, 6) is 0.412. The van der Waals surface area contributed by atoms with Crippen LogP contribution in [0.4, 0.5) is 0 Å². The first kappa shape index (κ1) is 15.6. The highest BCUT2D eigenvalue weighted by Crippen LogP contribution is 2.32. The topological polar surface area (TPSA) is 55.8 Å². The van der Waals surface area contributed by atoms with Crippen LogP contribution in [0.25, 0.3) is 17.2 Å². The van der Waals surface area contributed by atoms with E-state index in [9.17, 15) is 4.79 Å². The van der Waals surface area contributed by atoms with E-state index in [1.54, 1.807) is 13.2 Å². The van der Waals surface area contributed by atoms with Crippen molar-refractivity contribution in [2.75, 3.05) is 13.7 Å². The predicted molar refractivity (Wildman–Crippen MR) is 86.3 cm³/mol. The van der Waals surface area contributed by atoms with Gasteiger partial charge in [0, 0.05) is 6.08 Å². The van der Waals surface area contributed by atoms with Gasteiger partial charge < -0.3 is 14.6 Å². The van der Waals surface area contributed by atoms with Gasteiger partial charge in [0.2, 0.25) is 0 Å². The third-order valence-electron chi connectivity index (χ3n) is 3.10. The molecule has 0 bridgehead atoms. The van der Waals surface area contributed by atoms with E-state index in [0.29, 0.717) is 18.1 Å². The van der Waals surface area contributed by atoms with E-state index in [0.717, 1.165) is 22.8 Å². The van der Waals surface area contributed by atoms with Crippen LogP contribution < -0.4 is 9.47 Å². The van der Waals surface area contributed by atoms with Crippen molar-refractivity contribution < 1.29 is 19.4 Å². The molecule has 22 heavy (non-hydrogen) atoms. The number of carbonyl (C=O) groups is 1. The van der Waals surface area contributed by atoms with Crippen LogP contribution in [0, 0.1) is 0 Å². The Morgan fingerprint density at radius 1 is 1.14 bits per heavy atom. The Morgan fingerprint density at radius 2 is 1.91 bits per heavy atom. The third kappa shape index (κ3) is 3.88. The summed E-state index contributed by atoms with van der Waals surface area (Å²) in [5, 5.41) is 8.69. The molecule has 0 heterocycles. The molecule has 0 atom stereocenters. The second kappa shape index (κ2) is 7.31. The second-order valence-electron chi connectivity index (χ2n) is 4.60. The molecule has 0 unspecified atom stereocenters. The van der Waals surface area contributed by atoms with E-state index in [1.807, 2.05) is 49.4 Å². The molecule has 0 saturated carbocycles. The first-order chi connectivity index (χ1) is 10.6. The van der Waals surface area contributed by atoms with Gasteiger partial charge in [-0.2, -0.15) is 0 Å². The Bertz CT molecular complexity index is 689. The van der Waals surface area contributed by atoms with E-state index >= 15 is 0 Å². The van der Waals surface area contributed by atoms with Crippen molar-refractivity contribution in [2.24, 2.45) is 0 Å². The summed E-state index contributed by atoms with van der Waals surface area (Å²) in [6, 6.07) is 13.4. The lowest BCUT2D eigenvalue weighted by Gasteiger charge is -2.11. The third-order valence-corrected chi connectivity index (χ3v) is 3.10. The molecule has 1 N–H and O–H groups in total. The van der Waals surface area contributed by atoms with Gasteiger partial charge in [0.25, 0.3) is 0 Å². The molecule has 0 aliphatic heterocycles. The summed E-state index contributed by atoms with van der Waals surface area (Å²) in [4.78, 5) is 10.6. The maximum Gasteiger partial charge on any atom is 0.328 e. The number of ether oxygens (including phenoxy) is 2. The lowest BCUT2D eigenvalue weighted by atomic mass is 10.0. The van der Waals surface area contributed by atoms with E-state index < -0.39 is 5.97 Å². The Balaban J connectivity index is 2.35. The molecular weight excluding hydrogens is 280 g/mol. The molecule has 0 radical (unpaired) electrons. The van der Waals surface area contributed by atoms with Crippen molar-refractivity contribution in [1.82, 2.24) is 0 Å². The Hall–Kier alpha value is -2.75. The number of aliphatic carboxylic acids is 1. The standard InChI is InChI=1S/C18H18O4/c1-3-22-16-9-8-15(12-17(16)21-2)14-6-4-5-13(11-14)7-10-18(19)20/h4-12H,3H2,1-2H3,(H,19,20)/b10-7+. The summed E-state index contributed by atoms with van der Waals surface area (Å²) in [5.41, 5.74) is 2.78. The van der Waals surface area contributed by atoms with Crippen LogP contribution in [-0.2, 0) is 4.79 Å². The molecule has 0 fully saturated rings. The number of hydrogen-bond donors (Lipinski definition) is 1. The average molecular weight is 298 g/mol. The number of rotatable bonds is 6. The van der Waals surface area contributed by atoms with E-state index in [2.05, 4.69) is 0 Å². The molecule has 4 heteroatoms. The van der Waals surface area contributed by atoms with Gasteiger partial charge in [-0.05, 0) is 47.9 Å². The Morgan fingerprint density at radius 3 is 2.59 bits per heavy atom. The number of carboxylic acids is 1. The van der Waals surface area contributed by atoms with E-state index in [1.165, 1.54) is 0 Å². The lowest BCUT2D eigenvalue weighted by molar-refractivity contribution is -0.131. The van der Waals surface area contributed by atoms with Crippen LogP contribution in [-0.4, -0.2) is 24.8 Å². The molecule has 0 aliphatic carbocycles. The van der Waals surface area contributed by atoms with Gasteiger partial charge in [0.1, 0.15) is 0 Å². The number of hydrogen-bond acceptors (Lipinski definition) is 3. The number of benzene rings is 2. The minimum Gasteiger partial charge on any atom is -0.493 e. The monoisotopic (exact) mass is 298 g/mol. The highest BCUT2D eigenvalue weighted by Gasteiger charge is 2.07. The summed E-state index contributed by atoms with van der Waals surface area (Å²) < 4.78 is 10.9. The van der Waals surface area contributed by atoms with Crippen molar-refractivity contribution in [3.05, 3.63) is 54.1 Å². The molecule has 0 spiro atoms. The molecule has 0 aliphatic rings. The zero-order valence-electron chi connectivity index (χ0n) is 12.6. The predicted octanol–water partition coefficient (Wildman–Crippen LogP) is 3.86. The van der Waals surface area contributed by atoms with Gasteiger partial charge in [0.05, 0.1) is 13.7 Å².